The van der Waals surface area contributed by atoms with Gasteiger partial charge >= 0.3 is 0 Å². The second-order valence-electron chi connectivity index (χ2n) is 4.76. The molecule has 0 aromatic heterocycles. The van der Waals surface area contributed by atoms with Crippen LogP contribution in [0.15, 0.2) is 59.5 Å². The first-order valence-electron chi connectivity index (χ1n) is 6.90. The van der Waals surface area contributed by atoms with Crippen molar-refractivity contribution in [1.29, 1.82) is 0 Å². The Morgan fingerprint density at radius 2 is 1.73 bits per heavy atom. The van der Waals surface area contributed by atoms with Gasteiger partial charge < -0.3 is 9.84 Å². The Hall–Kier alpha value is -1.89. The van der Waals surface area contributed by atoms with Crippen LogP contribution in [0.25, 0.3) is 0 Å². The molecule has 6 heteroatoms. The Kier molecular flexibility index (Phi) is 5.54. The number of methoxy groups -OCH3 is 1. The van der Waals surface area contributed by atoms with Crippen molar-refractivity contribution in [2.75, 3.05) is 13.7 Å². The zero-order valence-electron chi connectivity index (χ0n) is 12.3. The minimum absolute atomic E-state index is 0.0895. The van der Waals surface area contributed by atoms with E-state index in [0.29, 0.717) is 12.2 Å². The van der Waals surface area contributed by atoms with Crippen molar-refractivity contribution >= 4 is 10.0 Å². The monoisotopic (exact) mass is 321 g/mol. The van der Waals surface area contributed by atoms with Crippen LogP contribution < -0.4 is 9.46 Å². The molecule has 2 rings (SSSR count). The molecule has 5 nitrogen and oxygen atoms in total. The van der Waals surface area contributed by atoms with Gasteiger partial charge in [-0.05, 0) is 24.1 Å². The van der Waals surface area contributed by atoms with E-state index in [1.54, 1.807) is 30.3 Å². The smallest absolute Gasteiger partial charge is 0.244 e. The fourth-order valence-electron chi connectivity index (χ4n) is 2.09. The van der Waals surface area contributed by atoms with E-state index in [9.17, 15) is 13.5 Å². The van der Waals surface area contributed by atoms with E-state index in [2.05, 4.69) is 4.72 Å². The van der Waals surface area contributed by atoms with Crippen LogP contribution in [0.2, 0.25) is 0 Å². The lowest BCUT2D eigenvalue weighted by Gasteiger charge is -2.13. The minimum atomic E-state index is -3.67. The lowest BCUT2D eigenvalue weighted by molar-refractivity contribution is 0.169. The molecular weight excluding hydrogens is 302 g/mol. The van der Waals surface area contributed by atoms with E-state index in [4.69, 9.17) is 4.74 Å². The summed E-state index contributed by atoms with van der Waals surface area (Å²) in [5.41, 5.74) is 0.763. The summed E-state index contributed by atoms with van der Waals surface area (Å²) >= 11 is 0. The van der Waals surface area contributed by atoms with Crippen LogP contribution in [0.4, 0.5) is 0 Å². The molecule has 0 spiro atoms. The highest BCUT2D eigenvalue weighted by molar-refractivity contribution is 7.89. The standard InChI is InChI=1S/C16H19NO4S/c1-21-15-9-5-6-10-16(15)22(19,20)17-12-11-14(18)13-7-3-2-4-8-13/h2-10,14,17-18H,11-12H2,1H3. The molecule has 1 atom stereocenters. The van der Waals surface area contributed by atoms with Crippen molar-refractivity contribution in [2.45, 2.75) is 17.4 Å². The third-order valence-electron chi connectivity index (χ3n) is 3.25. The number of rotatable bonds is 7. The topological polar surface area (TPSA) is 75.6 Å². The van der Waals surface area contributed by atoms with Gasteiger partial charge in [0.1, 0.15) is 10.6 Å². The highest BCUT2D eigenvalue weighted by Gasteiger charge is 2.19. The molecule has 118 valence electrons. The summed E-state index contributed by atoms with van der Waals surface area (Å²) in [7, 11) is -2.24. The van der Waals surface area contributed by atoms with E-state index >= 15 is 0 Å². The molecule has 0 bridgehead atoms. The highest BCUT2D eigenvalue weighted by Crippen LogP contribution is 2.22. The molecule has 1 unspecified atom stereocenters. The number of ether oxygens (including phenoxy) is 1. The van der Waals surface area contributed by atoms with Crippen LogP contribution in [0, 0.1) is 0 Å². The number of aliphatic hydroxyl groups is 1. The summed E-state index contributed by atoms with van der Waals surface area (Å²) in [4.78, 5) is 0.0895. The number of sulfonamides is 1. The van der Waals surface area contributed by atoms with E-state index in [-0.39, 0.29) is 11.4 Å². The summed E-state index contributed by atoms with van der Waals surface area (Å²) in [5, 5.41) is 10.0. The predicted octanol–water partition coefficient (Wildman–Crippen LogP) is 2.10. The fourth-order valence-corrected chi connectivity index (χ4v) is 3.31. The summed E-state index contributed by atoms with van der Waals surface area (Å²) in [6.07, 6.45) is -0.417. The van der Waals surface area contributed by atoms with Crippen molar-refractivity contribution in [3.8, 4) is 5.75 Å². The second-order valence-corrected chi connectivity index (χ2v) is 6.50. The van der Waals surface area contributed by atoms with Gasteiger partial charge in [-0.1, -0.05) is 42.5 Å². The van der Waals surface area contributed by atoms with Gasteiger partial charge in [0, 0.05) is 6.54 Å². The summed E-state index contributed by atoms with van der Waals surface area (Å²) in [6, 6.07) is 15.5. The molecule has 2 N–H and O–H groups in total. The molecule has 0 saturated heterocycles. The normalized spacial score (nSPS) is 12.8. The zero-order chi connectivity index (χ0) is 16.0. The van der Waals surface area contributed by atoms with Gasteiger partial charge in [0.2, 0.25) is 10.0 Å². The third kappa shape index (κ3) is 4.07. The molecule has 0 aliphatic rings. The largest absolute Gasteiger partial charge is 0.495 e. The van der Waals surface area contributed by atoms with Crippen LogP contribution in [0.3, 0.4) is 0 Å². The molecule has 0 fully saturated rings. The van der Waals surface area contributed by atoms with Gasteiger partial charge in [-0.25, -0.2) is 13.1 Å². The van der Waals surface area contributed by atoms with Crippen molar-refractivity contribution in [1.82, 2.24) is 4.72 Å². The third-order valence-corrected chi connectivity index (χ3v) is 4.75. The molecule has 0 saturated carbocycles. The van der Waals surface area contributed by atoms with Crippen LogP contribution in [0.5, 0.6) is 5.75 Å². The molecule has 2 aromatic rings. The lowest BCUT2D eigenvalue weighted by atomic mass is 10.1. The molecule has 0 aliphatic heterocycles. The van der Waals surface area contributed by atoms with Gasteiger partial charge in [-0.15, -0.1) is 0 Å². The van der Waals surface area contributed by atoms with Crippen LogP contribution in [0.1, 0.15) is 18.1 Å². The van der Waals surface area contributed by atoms with Crippen LogP contribution in [-0.2, 0) is 10.0 Å². The first-order valence-corrected chi connectivity index (χ1v) is 8.38. The Labute approximate surface area is 130 Å². The van der Waals surface area contributed by atoms with Gasteiger partial charge in [-0.2, -0.15) is 0 Å². The summed E-state index contributed by atoms with van der Waals surface area (Å²) < 4.78 is 32.1. The maximum atomic E-state index is 12.3. The molecule has 0 radical (unpaired) electrons. The Morgan fingerprint density at radius 3 is 2.41 bits per heavy atom. The summed E-state index contributed by atoms with van der Waals surface area (Å²) in [5.74, 6) is 0.290. The first kappa shape index (κ1) is 16.5. The van der Waals surface area contributed by atoms with E-state index in [0.717, 1.165) is 5.56 Å². The molecule has 0 amide bonds. The van der Waals surface area contributed by atoms with E-state index < -0.39 is 16.1 Å². The predicted molar refractivity (Wildman–Crippen MR) is 84.2 cm³/mol. The van der Waals surface area contributed by atoms with Gasteiger partial charge in [0.15, 0.2) is 0 Å². The van der Waals surface area contributed by atoms with Crippen LogP contribution in [-0.4, -0.2) is 27.2 Å². The van der Waals surface area contributed by atoms with Crippen molar-refractivity contribution in [3.05, 3.63) is 60.2 Å². The first-order chi connectivity index (χ1) is 10.5. The molecule has 0 aliphatic carbocycles. The van der Waals surface area contributed by atoms with Gasteiger partial charge in [-0.3, -0.25) is 0 Å². The average Bonchev–Trinajstić information content (AvgIpc) is 2.55. The number of nitrogens with one attached hydrogen (secondary N) is 1. The minimum Gasteiger partial charge on any atom is -0.495 e. The molecule has 0 heterocycles. The van der Waals surface area contributed by atoms with Crippen molar-refractivity contribution in [3.63, 3.8) is 0 Å². The Bertz CT molecular complexity index is 701. The Morgan fingerprint density at radius 1 is 1.09 bits per heavy atom. The molecular formula is C16H19NO4S. The fraction of sp³-hybridized carbons (Fsp3) is 0.250. The second kappa shape index (κ2) is 7.40. The summed E-state index contributed by atoms with van der Waals surface area (Å²) in [6.45, 7) is 0.135. The van der Waals surface area contributed by atoms with Crippen molar-refractivity contribution < 1.29 is 18.3 Å². The average molecular weight is 321 g/mol. The van der Waals surface area contributed by atoms with Gasteiger partial charge in [0.05, 0.1) is 13.2 Å². The molecule has 22 heavy (non-hydrogen) atoms. The van der Waals surface area contributed by atoms with Crippen LogP contribution >= 0.6 is 0 Å². The molecule has 2 aromatic carbocycles. The van der Waals surface area contributed by atoms with E-state index in [1.165, 1.54) is 13.2 Å². The van der Waals surface area contributed by atoms with Crippen molar-refractivity contribution in [2.24, 2.45) is 0 Å². The number of para-hydroxylation sites is 1. The highest BCUT2D eigenvalue weighted by atomic mass is 32.2. The van der Waals surface area contributed by atoms with E-state index in [1.807, 2.05) is 18.2 Å². The number of benzene rings is 2. The lowest BCUT2D eigenvalue weighted by Crippen LogP contribution is -2.26. The number of aliphatic hydroxyl groups excluding tert-OH is 1. The van der Waals surface area contributed by atoms with Gasteiger partial charge in [0.25, 0.3) is 0 Å². The maximum absolute atomic E-state index is 12.3. The quantitative estimate of drug-likeness (QED) is 0.819. The SMILES string of the molecule is COc1ccccc1S(=O)(=O)NCCC(O)c1ccccc1. The number of hydrogen-bond donors (Lipinski definition) is 2. The number of hydrogen-bond acceptors (Lipinski definition) is 4. The Balaban J connectivity index is 1.99. The zero-order valence-corrected chi connectivity index (χ0v) is 13.1. The maximum Gasteiger partial charge on any atom is 0.244 e.